The molecule has 2 aromatic heterocycles. The van der Waals surface area contributed by atoms with E-state index in [9.17, 15) is 0 Å². The van der Waals surface area contributed by atoms with Crippen molar-refractivity contribution in [3.05, 3.63) is 60.0 Å². The van der Waals surface area contributed by atoms with E-state index in [0.29, 0.717) is 11.3 Å². The van der Waals surface area contributed by atoms with Gasteiger partial charge in [-0.25, -0.2) is 0 Å². The summed E-state index contributed by atoms with van der Waals surface area (Å²) in [5, 5.41) is 11.0. The fourth-order valence-corrected chi connectivity index (χ4v) is 2.88. The number of benzene rings is 2. The quantitative estimate of drug-likeness (QED) is 0.372. The van der Waals surface area contributed by atoms with Crippen molar-refractivity contribution in [2.75, 3.05) is 0 Å². The number of alkyl halides is 3. The smallest absolute Gasteiger partial charge is 0.268 e. The minimum Gasteiger partial charge on any atom is -0.457 e. The molecule has 0 aliphatic carbocycles. The molecule has 126 valence electrons. The van der Waals surface area contributed by atoms with Crippen LogP contribution in [0.2, 0.25) is 0 Å². The van der Waals surface area contributed by atoms with Crippen LogP contribution < -0.4 is 0 Å². The van der Waals surface area contributed by atoms with Gasteiger partial charge in [0.2, 0.25) is 5.89 Å². The highest BCUT2D eigenvalue weighted by molar-refractivity contribution is 6.66. The van der Waals surface area contributed by atoms with Gasteiger partial charge in [0.05, 0.1) is 0 Å². The van der Waals surface area contributed by atoms with E-state index in [0.717, 1.165) is 21.7 Å². The maximum Gasteiger partial charge on any atom is 0.268 e. The summed E-state index contributed by atoms with van der Waals surface area (Å²) in [4.78, 5) is 0. The van der Waals surface area contributed by atoms with Gasteiger partial charge in [0.1, 0.15) is 11.3 Å². The minimum absolute atomic E-state index is 0.0733. The third-order valence-corrected chi connectivity index (χ3v) is 4.29. The molecule has 0 atom stereocenters. The van der Waals surface area contributed by atoms with E-state index in [-0.39, 0.29) is 11.8 Å². The Balaban J connectivity index is 1.75. The number of rotatable bonds is 2. The monoisotopic (exact) mass is 392 g/mol. The summed E-state index contributed by atoms with van der Waals surface area (Å²) >= 11 is 17.2. The molecule has 0 aliphatic rings. The van der Waals surface area contributed by atoms with E-state index >= 15 is 0 Å². The number of nitrogens with zero attached hydrogens (tertiary/aromatic N) is 2. The van der Waals surface area contributed by atoms with Gasteiger partial charge >= 0.3 is 0 Å². The second kappa shape index (κ2) is 6.06. The molecule has 2 heterocycles. The van der Waals surface area contributed by atoms with Gasteiger partial charge < -0.3 is 8.83 Å². The third kappa shape index (κ3) is 3.13. The lowest BCUT2D eigenvalue weighted by Gasteiger charge is -2.02. The van der Waals surface area contributed by atoms with Crippen LogP contribution in [0.3, 0.4) is 0 Å². The molecule has 0 unspecified atom stereocenters. The summed E-state index contributed by atoms with van der Waals surface area (Å²) in [5.41, 5.74) is 1.52. The standard InChI is InChI=1S/C18H11Cl3N2O2/c1-10(16-22-23-17(25-16)18(19,20)21)8-12-9-14-13-5-3-2-4-11(13)6-7-15(14)24-12/h2-9H,1H3/b10-8+. The number of fused-ring (bicyclic) bond motifs is 3. The predicted molar refractivity (Wildman–Crippen MR) is 101 cm³/mol. The van der Waals surface area contributed by atoms with Gasteiger partial charge in [-0.05, 0) is 35.9 Å². The Kier molecular flexibility index (Phi) is 3.99. The lowest BCUT2D eigenvalue weighted by molar-refractivity contribution is 0.489. The molecule has 0 radical (unpaired) electrons. The first kappa shape index (κ1) is 16.5. The second-order valence-corrected chi connectivity index (χ2v) is 7.87. The van der Waals surface area contributed by atoms with E-state index in [1.165, 1.54) is 0 Å². The van der Waals surface area contributed by atoms with Gasteiger partial charge in [0.25, 0.3) is 9.68 Å². The Morgan fingerprint density at radius 3 is 2.56 bits per heavy atom. The summed E-state index contributed by atoms with van der Waals surface area (Å²) < 4.78 is 9.55. The number of hydrogen-bond donors (Lipinski definition) is 0. The van der Waals surface area contributed by atoms with Crippen LogP contribution in [0.1, 0.15) is 24.5 Å². The Hall–Kier alpha value is -2.01. The van der Waals surface area contributed by atoms with E-state index < -0.39 is 3.79 Å². The molecule has 0 spiro atoms. The molecule has 0 aliphatic heterocycles. The van der Waals surface area contributed by atoms with Crippen molar-refractivity contribution >= 4 is 68.2 Å². The largest absolute Gasteiger partial charge is 0.457 e. The maximum atomic E-state index is 5.90. The van der Waals surface area contributed by atoms with Gasteiger partial charge in [0, 0.05) is 11.0 Å². The van der Waals surface area contributed by atoms with Crippen LogP contribution in [-0.4, -0.2) is 10.2 Å². The number of aromatic nitrogens is 2. The molecule has 25 heavy (non-hydrogen) atoms. The molecule has 0 saturated heterocycles. The van der Waals surface area contributed by atoms with E-state index in [1.54, 1.807) is 0 Å². The van der Waals surface area contributed by atoms with Gasteiger partial charge in [-0.15, -0.1) is 10.2 Å². The first-order valence-electron chi connectivity index (χ1n) is 7.42. The first-order valence-corrected chi connectivity index (χ1v) is 8.56. The van der Waals surface area contributed by atoms with Crippen LogP contribution in [0.4, 0.5) is 0 Å². The highest BCUT2D eigenvalue weighted by Gasteiger charge is 2.30. The zero-order valence-electron chi connectivity index (χ0n) is 13.0. The summed E-state index contributed by atoms with van der Waals surface area (Å²) in [6.45, 7) is 1.82. The van der Waals surface area contributed by atoms with E-state index in [4.69, 9.17) is 43.6 Å². The average molecular weight is 394 g/mol. The molecule has 0 fully saturated rings. The van der Waals surface area contributed by atoms with Crippen molar-refractivity contribution < 1.29 is 8.83 Å². The molecular formula is C18H11Cl3N2O2. The molecular weight excluding hydrogens is 383 g/mol. The van der Waals surface area contributed by atoms with E-state index in [2.05, 4.69) is 22.3 Å². The van der Waals surface area contributed by atoms with Crippen molar-refractivity contribution in [2.24, 2.45) is 0 Å². The SMILES string of the molecule is C/C(=C\c1cc2c(ccc3ccccc32)o1)c1nnc(C(Cl)(Cl)Cl)o1. The number of halogens is 3. The van der Waals surface area contributed by atoms with Crippen molar-refractivity contribution in [3.8, 4) is 0 Å². The normalized spacial score (nSPS) is 13.0. The number of furan rings is 1. The summed E-state index contributed by atoms with van der Waals surface area (Å²) in [7, 11) is 0. The number of hydrogen-bond acceptors (Lipinski definition) is 4. The highest BCUT2D eigenvalue weighted by Crippen LogP contribution is 2.38. The summed E-state index contributed by atoms with van der Waals surface area (Å²) in [6, 6.07) is 14.1. The first-order chi connectivity index (χ1) is 11.9. The Bertz CT molecular complexity index is 1110. The fourth-order valence-electron chi connectivity index (χ4n) is 2.66. The topological polar surface area (TPSA) is 52.1 Å². The molecule has 4 aromatic rings. The van der Waals surface area contributed by atoms with E-state index in [1.807, 2.05) is 43.3 Å². The van der Waals surface area contributed by atoms with Crippen LogP contribution in [0.15, 0.2) is 51.3 Å². The molecule has 2 aromatic carbocycles. The van der Waals surface area contributed by atoms with Crippen LogP contribution in [0, 0.1) is 0 Å². The zero-order valence-corrected chi connectivity index (χ0v) is 15.2. The second-order valence-electron chi connectivity index (χ2n) is 5.58. The summed E-state index contributed by atoms with van der Waals surface area (Å²) in [5.74, 6) is 0.875. The number of allylic oxidation sites excluding steroid dienone is 1. The van der Waals surface area contributed by atoms with Crippen molar-refractivity contribution in [2.45, 2.75) is 10.7 Å². The van der Waals surface area contributed by atoms with Gasteiger partial charge in [-0.1, -0.05) is 65.1 Å². The molecule has 0 bridgehead atoms. The van der Waals surface area contributed by atoms with Gasteiger partial charge in [-0.3, -0.25) is 0 Å². The maximum absolute atomic E-state index is 5.90. The van der Waals surface area contributed by atoms with Crippen molar-refractivity contribution in [1.29, 1.82) is 0 Å². The zero-order chi connectivity index (χ0) is 17.6. The third-order valence-electron chi connectivity index (χ3n) is 3.81. The Labute approximate surface area is 158 Å². The van der Waals surface area contributed by atoms with Crippen LogP contribution in [0.25, 0.3) is 33.4 Å². The van der Waals surface area contributed by atoms with Crippen LogP contribution in [-0.2, 0) is 3.79 Å². The lowest BCUT2D eigenvalue weighted by Crippen LogP contribution is -1.99. The summed E-state index contributed by atoms with van der Waals surface area (Å²) in [6.07, 6.45) is 1.81. The molecule has 4 rings (SSSR count). The highest BCUT2D eigenvalue weighted by atomic mass is 35.6. The van der Waals surface area contributed by atoms with Crippen LogP contribution in [0.5, 0.6) is 0 Å². The van der Waals surface area contributed by atoms with Crippen LogP contribution >= 0.6 is 34.8 Å². The van der Waals surface area contributed by atoms with Crippen molar-refractivity contribution in [1.82, 2.24) is 10.2 Å². The fraction of sp³-hybridized carbons (Fsp3) is 0.111. The molecule has 7 heteroatoms. The lowest BCUT2D eigenvalue weighted by atomic mass is 10.1. The molecule has 0 amide bonds. The Morgan fingerprint density at radius 1 is 1.00 bits per heavy atom. The minimum atomic E-state index is -1.75. The average Bonchev–Trinajstić information content (AvgIpc) is 3.21. The van der Waals surface area contributed by atoms with Gasteiger partial charge in [0.15, 0.2) is 0 Å². The Morgan fingerprint density at radius 2 is 1.80 bits per heavy atom. The molecule has 0 saturated carbocycles. The van der Waals surface area contributed by atoms with Gasteiger partial charge in [-0.2, -0.15) is 0 Å². The predicted octanol–water partition coefficient (Wildman–Crippen LogP) is 6.36. The van der Waals surface area contributed by atoms with Crippen molar-refractivity contribution in [3.63, 3.8) is 0 Å². The molecule has 4 nitrogen and oxygen atoms in total. The molecule has 0 N–H and O–H groups in total.